The third-order valence-corrected chi connectivity index (χ3v) is 4.18. The predicted molar refractivity (Wildman–Crippen MR) is 101 cm³/mol. The Kier molecular flexibility index (Phi) is 8.94. The standard InChI is InChI=1S/C17H26N4O4S/c1-23-14-5-2-3-6-15(14)25-13-16(22)19-20-17(26)18-7-4-8-21-9-11-24-12-10-21/h2-3,5-6H,4,7-13H2,1H3,(H,19,22)(H2,18,20,26)/p+1. The number of rotatable bonds is 8. The molecule has 1 fully saturated rings. The van der Waals surface area contributed by atoms with Crippen LogP contribution in [0.15, 0.2) is 24.3 Å². The van der Waals surface area contributed by atoms with Gasteiger partial charge in [-0.05, 0) is 24.4 Å². The Balaban J connectivity index is 1.54. The monoisotopic (exact) mass is 383 g/mol. The number of morpholine rings is 1. The number of benzene rings is 1. The zero-order valence-electron chi connectivity index (χ0n) is 15.0. The van der Waals surface area contributed by atoms with Crippen LogP contribution in [-0.2, 0) is 9.53 Å². The Morgan fingerprint density at radius 3 is 2.69 bits per heavy atom. The lowest BCUT2D eigenvalue weighted by molar-refractivity contribution is -0.908. The molecule has 0 radical (unpaired) electrons. The molecule has 8 nitrogen and oxygen atoms in total. The lowest BCUT2D eigenvalue weighted by Gasteiger charge is -2.23. The highest BCUT2D eigenvalue weighted by atomic mass is 32.1. The molecule has 26 heavy (non-hydrogen) atoms. The average molecular weight is 383 g/mol. The highest BCUT2D eigenvalue weighted by Crippen LogP contribution is 2.25. The molecule has 4 N–H and O–H groups in total. The van der Waals surface area contributed by atoms with Gasteiger partial charge in [0.1, 0.15) is 13.1 Å². The quantitative estimate of drug-likeness (QED) is 0.257. The molecule has 0 spiro atoms. The third-order valence-electron chi connectivity index (χ3n) is 3.94. The molecule has 0 aromatic heterocycles. The average Bonchev–Trinajstić information content (AvgIpc) is 2.69. The molecular weight excluding hydrogens is 356 g/mol. The summed E-state index contributed by atoms with van der Waals surface area (Å²) in [6.45, 7) is 5.49. The predicted octanol–water partition coefficient (Wildman–Crippen LogP) is -1.13. The number of para-hydroxylation sites is 2. The number of quaternary nitrogens is 1. The minimum Gasteiger partial charge on any atom is -0.493 e. The summed E-state index contributed by atoms with van der Waals surface area (Å²) in [6, 6.07) is 7.15. The van der Waals surface area contributed by atoms with Crippen LogP contribution < -0.4 is 30.5 Å². The van der Waals surface area contributed by atoms with E-state index in [1.165, 1.54) is 0 Å². The number of hydrogen-bond acceptors (Lipinski definition) is 5. The smallest absolute Gasteiger partial charge is 0.276 e. The van der Waals surface area contributed by atoms with Gasteiger partial charge >= 0.3 is 0 Å². The lowest BCUT2D eigenvalue weighted by Crippen LogP contribution is -3.14. The lowest BCUT2D eigenvalue weighted by atomic mass is 10.3. The second-order valence-electron chi connectivity index (χ2n) is 5.83. The summed E-state index contributed by atoms with van der Waals surface area (Å²) in [5.41, 5.74) is 5.17. The summed E-state index contributed by atoms with van der Waals surface area (Å²) in [5.74, 6) is 0.752. The first-order chi connectivity index (χ1) is 12.7. The maximum Gasteiger partial charge on any atom is 0.276 e. The van der Waals surface area contributed by atoms with Crippen LogP contribution in [0, 0.1) is 0 Å². The Bertz CT molecular complexity index is 582. The molecule has 2 rings (SSSR count). The Morgan fingerprint density at radius 1 is 1.23 bits per heavy atom. The van der Waals surface area contributed by atoms with Crippen molar-refractivity contribution in [2.75, 3.05) is 53.1 Å². The fourth-order valence-electron chi connectivity index (χ4n) is 2.54. The van der Waals surface area contributed by atoms with E-state index >= 15 is 0 Å². The number of methoxy groups -OCH3 is 1. The molecule has 0 atom stereocenters. The van der Waals surface area contributed by atoms with Crippen molar-refractivity contribution in [1.82, 2.24) is 16.2 Å². The first-order valence-electron chi connectivity index (χ1n) is 8.69. The molecule has 1 aliphatic heterocycles. The van der Waals surface area contributed by atoms with Gasteiger partial charge in [-0.15, -0.1) is 0 Å². The number of carbonyl (C=O) groups excluding carboxylic acids is 1. The molecular formula is C17H27N4O4S+. The van der Waals surface area contributed by atoms with E-state index in [1.807, 2.05) is 12.1 Å². The minimum atomic E-state index is -0.335. The van der Waals surface area contributed by atoms with Crippen molar-refractivity contribution in [3.8, 4) is 11.5 Å². The van der Waals surface area contributed by atoms with E-state index in [1.54, 1.807) is 24.1 Å². The van der Waals surface area contributed by atoms with Gasteiger partial charge in [0.05, 0.1) is 26.9 Å². The molecule has 0 unspecified atom stereocenters. The first kappa shape index (κ1) is 20.2. The second kappa shape index (κ2) is 11.5. The van der Waals surface area contributed by atoms with Crippen molar-refractivity contribution in [3.05, 3.63) is 24.3 Å². The van der Waals surface area contributed by atoms with Gasteiger partial charge in [-0.3, -0.25) is 15.6 Å². The molecule has 0 saturated carbocycles. The normalized spacial score (nSPS) is 14.3. The second-order valence-corrected chi connectivity index (χ2v) is 6.24. The summed E-state index contributed by atoms with van der Waals surface area (Å²) in [5, 5.41) is 3.45. The largest absolute Gasteiger partial charge is 0.493 e. The van der Waals surface area contributed by atoms with Crippen LogP contribution >= 0.6 is 12.2 Å². The first-order valence-corrected chi connectivity index (χ1v) is 9.09. The molecule has 144 valence electrons. The molecule has 0 bridgehead atoms. The number of ether oxygens (including phenoxy) is 3. The number of thiocarbonyl (C=S) groups is 1. The molecule has 1 amide bonds. The van der Waals surface area contributed by atoms with Gasteiger partial charge < -0.3 is 24.4 Å². The van der Waals surface area contributed by atoms with Crippen molar-refractivity contribution >= 4 is 23.2 Å². The molecule has 9 heteroatoms. The molecule has 1 heterocycles. The van der Waals surface area contributed by atoms with Crippen molar-refractivity contribution < 1.29 is 23.9 Å². The van der Waals surface area contributed by atoms with E-state index in [0.29, 0.717) is 16.6 Å². The van der Waals surface area contributed by atoms with E-state index in [4.69, 9.17) is 26.4 Å². The third kappa shape index (κ3) is 7.42. The van der Waals surface area contributed by atoms with E-state index in [2.05, 4.69) is 16.2 Å². The summed E-state index contributed by atoms with van der Waals surface area (Å²) in [4.78, 5) is 13.4. The number of carbonyl (C=O) groups is 1. The van der Waals surface area contributed by atoms with E-state index in [0.717, 1.165) is 45.8 Å². The maximum absolute atomic E-state index is 11.8. The maximum atomic E-state index is 11.8. The number of hydrazine groups is 1. The van der Waals surface area contributed by atoms with Gasteiger partial charge in [-0.25, -0.2) is 0 Å². The fraction of sp³-hybridized carbons (Fsp3) is 0.529. The van der Waals surface area contributed by atoms with Crippen molar-refractivity contribution in [3.63, 3.8) is 0 Å². The Labute approximate surface area is 159 Å². The SMILES string of the molecule is COc1ccccc1OCC(=O)NNC(=S)NCCC[NH+]1CCOCC1. The number of nitrogens with one attached hydrogen (secondary N) is 4. The number of hydrogen-bond donors (Lipinski definition) is 4. The van der Waals surface area contributed by atoms with E-state index in [9.17, 15) is 4.79 Å². The fourth-order valence-corrected chi connectivity index (χ4v) is 2.69. The van der Waals surface area contributed by atoms with Crippen LogP contribution in [0.2, 0.25) is 0 Å². The number of amides is 1. The van der Waals surface area contributed by atoms with Crippen molar-refractivity contribution in [1.29, 1.82) is 0 Å². The zero-order valence-corrected chi connectivity index (χ0v) is 15.8. The molecule has 1 aromatic carbocycles. The van der Waals surface area contributed by atoms with Crippen LogP contribution in [0.5, 0.6) is 11.5 Å². The summed E-state index contributed by atoms with van der Waals surface area (Å²) < 4.78 is 15.9. The van der Waals surface area contributed by atoms with E-state index < -0.39 is 0 Å². The van der Waals surface area contributed by atoms with Crippen molar-refractivity contribution in [2.45, 2.75) is 6.42 Å². The molecule has 0 aliphatic carbocycles. The highest BCUT2D eigenvalue weighted by molar-refractivity contribution is 7.80. The molecule has 1 aromatic rings. The van der Waals surface area contributed by atoms with Crippen LogP contribution in [0.1, 0.15) is 6.42 Å². The minimum absolute atomic E-state index is 0.142. The van der Waals surface area contributed by atoms with Gasteiger partial charge in [-0.1, -0.05) is 12.1 Å². The Morgan fingerprint density at radius 2 is 1.96 bits per heavy atom. The van der Waals surface area contributed by atoms with Gasteiger partial charge in [0.15, 0.2) is 23.2 Å². The topological polar surface area (TPSA) is 85.3 Å². The summed E-state index contributed by atoms with van der Waals surface area (Å²) in [7, 11) is 1.55. The summed E-state index contributed by atoms with van der Waals surface area (Å²) in [6.07, 6.45) is 1.00. The van der Waals surface area contributed by atoms with Gasteiger partial charge in [0.25, 0.3) is 5.91 Å². The van der Waals surface area contributed by atoms with Gasteiger partial charge in [0, 0.05) is 13.0 Å². The van der Waals surface area contributed by atoms with E-state index in [-0.39, 0.29) is 12.5 Å². The van der Waals surface area contributed by atoms with Crippen molar-refractivity contribution in [2.24, 2.45) is 0 Å². The highest BCUT2D eigenvalue weighted by Gasteiger charge is 2.12. The zero-order chi connectivity index (χ0) is 18.6. The molecule has 1 saturated heterocycles. The van der Waals surface area contributed by atoms with Gasteiger partial charge in [0.2, 0.25) is 0 Å². The van der Waals surface area contributed by atoms with Crippen LogP contribution in [0.3, 0.4) is 0 Å². The summed E-state index contributed by atoms with van der Waals surface area (Å²) >= 11 is 5.13. The Hall–Kier alpha value is -2.10. The molecule has 1 aliphatic rings. The van der Waals surface area contributed by atoms with Gasteiger partial charge in [-0.2, -0.15) is 0 Å². The van der Waals surface area contributed by atoms with Crippen LogP contribution in [0.25, 0.3) is 0 Å². The van der Waals surface area contributed by atoms with Crippen LogP contribution in [-0.4, -0.2) is 64.1 Å². The van der Waals surface area contributed by atoms with Crippen LogP contribution in [0.4, 0.5) is 0 Å².